The molecule has 0 bridgehead atoms. The van der Waals surface area contributed by atoms with Crippen LogP contribution in [-0.2, 0) is 0 Å². The van der Waals surface area contributed by atoms with E-state index >= 15 is 0 Å². The number of carbonyl (C=O) groups is 2. The van der Waals surface area contributed by atoms with E-state index in [4.69, 9.17) is 0 Å². The molecule has 138 valence electrons. The first-order valence-electron chi connectivity index (χ1n) is 7.34. The van der Waals surface area contributed by atoms with Crippen LogP contribution in [0.1, 0.15) is 21.3 Å². The first-order chi connectivity index (χ1) is 12.1. The molecule has 0 spiro atoms. The lowest BCUT2D eigenvalue weighted by Crippen LogP contribution is -2.72. The molecule has 0 radical (unpaired) electrons. The van der Waals surface area contributed by atoms with E-state index in [1.165, 1.54) is 22.8 Å². The normalized spacial score (nSPS) is 26.1. The van der Waals surface area contributed by atoms with Crippen LogP contribution in [0.3, 0.4) is 0 Å². The van der Waals surface area contributed by atoms with Crippen LogP contribution in [0.15, 0.2) is 41.8 Å². The molecule has 2 aromatic rings. The molecule has 2 heterocycles. The number of benzene rings is 1. The molecule has 1 aliphatic rings. The average molecular weight is 388 g/mol. The van der Waals surface area contributed by atoms with E-state index in [0.717, 1.165) is 35.6 Å². The SMILES string of the molecule is O=C1N[C@@H](c2ccc(F)cc2)[C@H](C(=O)c2cccs2)[C@@](O)(C(F)(F)F)N1. The molecule has 0 unspecified atom stereocenters. The van der Waals surface area contributed by atoms with E-state index in [2.05, 4.69) is 5.32 Å². The summed E-state index contributed by atoms with van der Waals surface area (Å²) in [5, 5.41) is 15.5. The van der Waals surface area contributed by atoms with Crippen LogP contribution in [0.5, 0.6) is 0 Å². The smallest absolute Gasteiger partial charge is 0.363 e. The second-order valence-electron chi connectivity index (χ2n) is 5.71. The third-order valence-corrected chi connectivity index (χ3v) is 4.97. The standard InChI is InChI=1S/C16H12F4N2O3S/c17-9-5-3-8(4-6-9)12-11(13(23)10-2-1-7-26-10)15(25,16(18,19)20)22-14(24)21-12/h1-7,11-12,25H,(H2,21,22,24)/t11-,12+,15-/m1/s1. The Labute approximate surface area is 148 Å². The van der Waals surface area contributed by atoms with Gasteiger partial charge in [-0.05, 0) is 29.1 Å². The van der Waals surface area contributed by atoms with E-state index in [9.17, 15) is 32.3 Å². The van der Waals surface area contributed by atoms with Gasteiger partial charge in [-0.3, -0.25) is 4.79 Å². The quantitative estimate of drug-likeness (QED) is 0.559. The molecule has 0 saturated carbocycles. The monoisotopic (exact) mass is 388 g/mol. The van der Waals surface area contributed by atoms with Crippen molar-refractivity contribution in [3.8, 4) is 0 Å². The number of carbonyl (C=O) groups excluding carboxylic acids is 2. The number of ketones is 1. The van der Waals surface area contributed by atoms with E-state index in [1.54, 1.807) is 0 Å². The van der Waals surface area contributed by atoms with Gasteiger partial charge in [0, 0.05) is 0 Å². The molecule has 5 nitrogen and oxygen atoms in total. The highest BCUT2D eigenvalue weighted by Gasteiger charge is 2.66. The number of nitrogens with one attached hydrogen (secondary N) is 2. The molecule has 1 aliphatic heterocycles. The van der Waals surface area contributed by atoms with Crippen molar-refractivity contribution in [3.05, 3.63) is 58.0 Å². The van der Waals surface area contributed by atoms with Crippen molar-refractivity contribution in [2.75, 3.05) is 0 Å². The fraction of sp³-hybridized carbons (Fsp3) is 0.250. The fourth-order valence-electron chi connectivity index (χ4n) is 2.86. The van der Waals surface area contributed by atoms with Crippen molar-refractivity contribution >= 4 is 23.2 Å². The van der Waals surface area contributed by atoms with Gasteiger partial charge in [-0.15, -0.1) is 11.3 Å². The van der Waals surface area contributed by atoms with Gasteiger partial charge in [-0.25, -0.2) is 9.18 Å². The Hall–Kier alpha value is -2.46. The number of Topliss-reactive ketones (excluding diaryl/α,β-unsaturated/α-hetero) is 1. The van der Waals surface area contributed by atoms with E-state index < -0.39 is 41.5 Å². The molecular formula is C16H12F4N2O3S. The van der Waals surface area contributed by atoms with Crippen molar-refractivity contribution in [1.82, 2.24) is 10.6 Å². The number of rotatable bonds is 3. The van der Waals surface area contributed by atoms with Gasteiger partial charge in [0.15, 0.2) is 5.78 Å². The van der Waals surface area contributed by atoms with E-state index in [1.807, 2.05) is 0 Å². The summed E-state index contributed by atoms with van der Waals surface area (Å²) in [6.07, 6.45) is -5.32. The van der Waals surface area contributed by atoms with Gasteiger partial charge in [0.1, 0.15) is 11.7 Å². The lowest BCUT2D eigenvalue weighted by Gasteiger charge is -2.44. The summed E-state index contributed by atoms with van der Waals surface area (Å²) in [7, 11) is 0. The van der Waals surface area contributed by atoms with Crippen LogP contribution >= 0.6 is 11.3 Å². The van der Waals surface area contributed by atoms with Crippen LogP contribution in [0.4, 0.5) is 22.4 Å². The summed E-state index contributed by atoms with van der Waals surface area (Å²) in [5.41, 5.74) is -3.73. The van der Waals surface area contributed by atoms with Gasteiger partial charge in [0.25, 0.3) is 0 Å². The van der Waals surface area contributed by atoms with E-state index in [0.29, 0.717) is 0 Å². The molecular weight excluding hydrogens is 376 g/mol. The van der Waals surface area contributed by atoms with Crippen molar-refractivity contribution < 1.29 is 32.3 Å². The summed E-state index contributed by atoms with van der Waals surface area (Å²) in [6, 6.07) is 4.27. The minimum Gasteiger partial charge on any atom is -0.363 e. The van der Waals surface area contributed by atoms with Crippen molar-refractivity contribution in [2.45, 2.75) is 17.9 Å². The molecule has 3 rings (SSSR count). The van der Waals surface area contributed by atoms with Crippen LogP contribution in [0.2, 0.25) is 0 Å². The largest absolute Gasteiger partial charge is 0.437 e. The number of thiophene rings is 1. The van der Waals surface area contributed by atoms with Crippen LogP contribution in [0.25, 0.3) is 0 Å². The second kappa shape index (κ2) is 6.36. The van der Waals surface area contributed by atoms with Crippen molar-refractivity contribution in [2.24, 2.45) is 5.92 Å². The maximum atomic E-state index is 13.6. The Morgan fingerprint density at radius 1 is 1.19 bits per heavy atom. The molecule has 26 heavy (non-hydrogen) atoms. The fourth-order valence-corrected chi connectivity index (χ4v) is 3.56. The lowest BCUT2D eigenvalue weighted by atomic mass is 9.78. The van der Waals surface area contributed by atoms with Crippen molar-refractivity contribution in [3.63, 3.8) is 0 Å². The molecule has 1 saturated heterocycles. The Kier molecular flexibility index (Phi) is 4.49. The maximum absolute atomic E-state index is 13.6. The Morgan fingerprint density at radius 2 is 1.85 bits per heavy atom. The Bertz CT molecular complexity index is 823. The topological polar surface area (TPSA) is 78.4 Å². The predicted octanol–water partition coefficient (Wildman–Crippen LogP) is 2.99. The highest BCUT2D eigenvalue weighted by molar-refractivity contribution is 7.12. The van der Waals surface area contributed by atoms with Crippen LogP contribution in [0, 0.1) is 11.7 Å². The Morgan fingerprint density at radius 3 is 2.38 bits per heavy atom. The molecule has 1 aromatic carbocycles. The average Bonchev–Trinajstić information content (AvgIpc) is 3.08. The summed E-state index contributed by atoms with van der Waals surface area (Å²) in [4.78, 5) is 24.5. The van der Waals surface area contributed by atoms with Gasteiger partial charge in [0.05, 0.1) is 10.9 Å². The van der Waals surface area contributed by atoms with Gasteiger partial charge in [-0.1, -0.05) is 18.2 Å². The molecule has 1 aromatic heterocycles. The number of urea groups is 1. The van der Waals surface area contributed by atoms with Gasteiger partial charge in [0.2, 0.25) is 5.72 Å². The molecule has 3 atom stereocenters. The second-order valence-corrected chi connectivity index (χ2v) is 6.66. The number of alkyl halides is 3. The molecule has 2 amide bonds. The minimum absolute atomic E-state index is 0.0114. The van der Waals surface area contributed by atoms with Crippen LogP contribution < -0.4 is 10.6 Å². The lowest BCUT2D eigenvalue weighted by molar-refractivity contribution is -0.287. The summed E-state index contributed by atoms with van der Waals surface area (Å²) in [6.45, 7) is 0. The highest BCUT2D eigenvalue weighted by atomic mass is 32.1. The zero-order valence-corrected chi connectivity index (χ0v) is 13.7. The third kappa shape index (κ3) is 3.06. The maximum Gasteiger partial charge on any atom is 0.437 e. The van der Waals surface area contributed by atoms with Crippen LogP contribution in [-0.4, -0.2) is 28.8 Å². The first kappa shape index (κ1) is 18.3. The molecule has 10 heteroatoms. The molecule has 3 N–H and O–H groups in total. The third-order valence-electron chi connectivity index (χ3n) is 4.08. The summed E-state index contributed by atoms with van der Waals surface area (Å²) >= 11 is 0.908. The summed E-state index contributed by atoms with van der Waals surface area (Å²) < 4.78 is 54.0. The number of hydrogen-bond donors (Lipinski definition) is 3. The zero-order chi connectivity index (χ0) is 19.1. The first-order valence-corrected chi connectivity index (χ1v) is 8.22. The Balaban J connectivity index is 2.14. The number of halogens is 4. The van der Waals surface area contributed by atoms with Gasteiger partial charge < -0.3 is 15.7 Å². The number of amides is 2. The molecule has 1 fully saturated rings. The number of hydrogen-bond acceptors (Lipinski definition) is 4. The summed E-state index contributed by atoms with van der Waals surface area (Å²) in [5.74, 6) is -3.74. The minimum atomic E-state index is -5.32. The van der Waals surface area contributed by atoms with Crippen molar-refractivity contribution in [1.29, 1.82) is 0 Å². The van der Waals surface area contributed by atoms with Gasteiger partial charge in [-0.2, -0.15) is 13.2 Å². The molecule has 0 aliphatic carbocycles. The number of aliphatic hydroxyl groups is 1. The predicted molar refractivity (Wildman–Crippen MR) is 84.0 cm³/mol. The van der Waals surface area contributed by atoms with Gasteiger partial charge >= 0.3 is 12.2 Å². The zero-order valence-electron chi connectivity index (χ0n) is 12.9. The van der Waals surface area contributed by atoms with E-state index in [-0.39, 0.29) is 10.4 Å². The highest BCUT2D eigenvalue weighted by Crippen LogP contribution is 2.44.